The van der Waals surface area contributed by atoms with Gasteiger partial charge in [0, 0.05) is 11.7 Å². The predicted molar refractivity (Wildman–Crippen MR) is 75.5 cm³/mol. The summed E-state index contributed by atoms with van der Waals surface area (Å²) < 4.78 is 5.32. The molecule has 0 saturated carbocycles. The zero-order chi connectivity index (χ0) is 13.7. The van der Waals surface area contributed by atoms with E-state index in [-0.39, 0.29) is 6.04 Å². The number of ether oxygens (including phenoxy) is 1. The van der Waals surface area contributed by atoms with Crippen LogP contribution in [0.15, 0.2) is 36.7 Å². The molecule has 5 nitrogen and oxygen atoms in total. The third-order valence-electron chi connectivity index (χ3n) is 2.62. The van der Waals surface area contributed by atoms with Crippen LogP contribution in [0, 0.1) is 0 Å². The van der Waals surface area contributed by atoms with E-state index in [0.717, 1.165) is 11.3 Å². The van der Waals surface area contributed by atoms with Crippen LogP contribution in [0.5, 0.6) is 5.88 Å². The minimum Gasteiger partial charge on any atom is -0.477 e. The second kappa shape index (κ2) is 6.15. The number of nitrogens with one attached hydrogen (secondary N) is 1. The summed E-state index contributed by atoms with van der Waals surface area (Å²) >= 11 is 0. The molecule has 0 amide bonds. The molecule has 1 atom stereocenters. The van der Waals surface area contributed by atoms with Gasteiger partial charge in [0.15, 0.2) is 5.82 Å². The van der Waals surface area contributed by atoms with Crippen molar-refractivity contribution < 1.29 is 4.74 Å². The van der Waals surface area contributed by atoms with Gasteiger partial charge in [0.2, 0.25) is 5.88 Å². The zero-order valence-corrected chi connectivity index (χ0v) is 11.1. The van der Waals surface area contributed by atoms with Crippen LogP contribution in [0.3, 0.4) is 0 Å². The lowest BCUT2D eigenvalue weighted by Crippen LogP contribution is -2.08. The van der Waals surface area contributed by atoms with Crippen LogP contribution in [0.25, 0.3) is 0 Å². The number of anilines is 2. The summed E-state index contributed by atoms with van der Waals surface area (Å²) in [4.78, 5) is 8.41. The lowest BCUT2D eigenvalue weighted by Gasteiger charge is -2.14. The fraction of sp³-hybridized carbons (Fsp3) is 0.286. The van der Waals surface area contributed by atoms with Crippen molar-refractivity contribution in [2.75, 3.05) is 11.9 Å². The van der Waals surface area contributed by atoms with Gasteiger partial charge >= 0.3 is 0 Å². The Balaban J connectivity index is 2.23. The van der Waals surface area contributed by atoms with Gasteiger partial charge in [-0.15, -0.1) is 0 Å². The highest BCUT2D eigenvalue weighted by atomic mass is 16.5. The third kappa shape index (κ3) is 3.42. The average Bonchev–Trinajstić information content (AvgIpc) is 2.40. The molecule has 19 heavy (non-hydrogen) atoms. The minimum atomic E-state index is -0.0493. The van der Waals surface area contributed by atoms with E-state index in [9.17, 15) is 0 Å². The number of benzene rings is 1. The van der Waals surface area contributed by atoms with Crippen LogP contribution in [0.1, 0.15) is 25.5 Å². The van der Waals surface area contributed by atoms with E-state index in [0.29, 0.717) is 18.3 Å². The van der Waals surface area contributed by atoms with Gasteiger partial charge in [-0.05, 0) is 25.5 Å². The first-order valence-electron chi connectivity index (χ1n) is 6.27. The van der Waals surface area contributed by atoms with E-state index in [4.69, 9.17) is 10.5 Å². The third-order valence-corrected chi connectivity index (χ3v) is 2.62. The van der Waals surface area contributed by atoms with E-state index in [1.807, 2.05) is 38.1 Å². The Kier molecular flexibility index (Phi) is 4.30. The van der Waals surface area contributed by atoms with Gasteiger partial charge in [0.1, 0.15) is 0 Å². The first-order valence-corrected chi connectivity index (χ1v) is 6.27. The van der Waals surface area contributed by atoms with Gasteiger partial charge in [-0.2, -0.15) is 4.98 Å². The Hall–Kier alpha value is -2.14. The van der Waals surface area contributed by atoms with Gasteiger partial charge in [0.05, 0.1) is 19.0 Å². The highest BCUT2D eigenvalue weighted by Gasteiger charge is 2.07. The molecule has 2 rings (SSSR count). The van der Waals surface area contributed by atoms with E-state index in [1.165, 1.54) is 0 Å². The Bertz CT molecular complexity index is 542. The van der Waals surface area contributed by atoms with E-state index < -0.39 is 0 Å². The van der Waals surface area contributed by atoms with Crippen molar-refractivity contribution in [3.05, 3.63) is 42.2 Å². The molecule has 0 radical (unpaired) electrons. The molecular weight excluding hydrogens is 240 g/mol. The van der Waals surface area contributed by atoms with Crippen molar-refractivity contribution in [3.63, 3.8) is 0 Å². The molecule has 0 aliphatic carbocycles. The second-order valence-electron chi connectivity index (χ2n) is 4.18. The fourth-order valence-corrected chi connectivity index (χ4v) is 1.77. The SMILES string of the molecule is CCOc1cncc(Nc2ccccc2C(C)N)n1. The van der Waals surface area contributed by atoms with E-state index in [1.54, 1.807) is 12.4 Å². The van der Waals surface area contributed by atoms with Crippen LogP contribution in [0.2, 0.25) is 0 Å². The molecule has 5 heteroatoms. The maximum absolute atomic E-state index is 5.95. The molecule has 100 valence electrons. The molecule has 0 aliphatic heterocycles. The first-order chi connectivity index (χ1) is 9.20. The summed E-state index contributed by atoms with van der Waals surface area (Å²) in [5.41, 5.74) is 7.91. The highest BCUT2D eigenvalue weighted by Crippen LogP contribution is 2.24. The van der Waals surface area contributed by atoms with Crippen molar-refractivity contribution in [1.29, 1.82) is 0 Å². The molecule has 0 aliphatic rings. The van der Waals surface area contributed by atoms with Crippen molar-refractivity contribution in [1.82, 2.24) is 9.97 Å². The number of rotatable bonds is 5. The van der Waals surface area contributed by atoms with Crippen molar-refractivity contribution >= 4 is 11.5 Å². The number of hydrogen-bond donors (Lipinski definition) is 2. The van der Waals surface area contributed by atoms with Crippen LogP contribution < -0.4 is 15.8 Å². The van der Waals surface area contributed by atoms with Gasteiger partial charge < -0.3 is 15.8 Å². The summed E-state index contributed by atoms with van der Waals surface area (Å²) in [6.07, 6.45) is 3.24. The van der Waals surface area contributed by atoms with Gasteiger partial charge in [0.25, 0.3) is 0 Å². The number of nitrogens with zero attached hydrogens (tertiary/aromatic N) is 2. The van der Waals surface area contributed by atoms with Crippen LogP contribution in [0.4, 0.5) is 11.5 Å². The van der Waals surface area contributed by atoms with Gasteiger partial charge in [-0.1, -0.05) is 18.2 Å². The van der Waals surface area contributed by atoms with Crippen molar-refractivity contribution in [3.8, 4) is 5.88 Å². The van der Waals surface area contributed by atoms with Crippen LogP contribution >= 0.6 is 0 Å². The van der Waals surface area contributed by atoms with Crippen molar-refractivity contribution in [2.45, 2.75) is 19.9 Å². The topological polar surface area (TPSA) is 73.1 Å². The fourth-order valence-electron chi connectivity index (χ4n) is 1.77. The summed E-state index contributed by atoms with van der Waals surface area (Å²) in [5, 5.41) is 3.22. The Labute approximate surface area is 112 Å². The minimum absolute atomic E-state index is 0.0493. The molecule has 1 unspecified atom stereocenters. The Morgan fingerprint density at radius 2 is 2.11 bits per heavy atom. The number of nitrogens with two attached hydrogens (primary N) is 1. The Morgan fingerprint density at radius 3 is 2.84 bits per heavy atom. The Morgan fingerprint density at radius 1 is 1.32 bits per heavy atom. The normalized spacial score (nSPS) is 11.9. The molecule has 0 fully saturated rings. The van der Waals surface area contributed by atoms with E-state index in [2.05, 4.69) is 15.3 Å². The largest absolute Gasteiger partial charge is 0.477 e. The standard InChI is InChI=1S/C14H18N4O/c1-3-19-14-9-16-8-13(18-14)17-12-7-5-4-6-11(12)10(2)15/h4-10H,3,15H2,1-2H3,(H,17,18). The lowest BCUT2D eigenvalue weighted by atomic mass is 10.1. The number of aromatic nitrogens is 2. The van der Waals surface area contributed by atoms with Crippen molar-refractivity contribution in [2.24, 2.45) is 5.73 Å². The molecule has 1 aromatic carbocycles. The zero-order valence-electron chi connectivity index (χ0n) is 11.1. The average molecular weight is 258 g/mol. The maximum atomic E-state index is 5.95. The smallest absolute Gasteiger partial charge is 0.234 e. The summed E-state index contributed by atoms with van der Waals surface area (Å²) in [6, 6.07) is 7.83. The van der Waals surface area contributed by atoms with Gasteiger partial charge in [-0.25, -0.2) is 0 Å². The first kappa shape index (κ1) is 13.3. The van der Waals surface area contributed by atoms with Gasteiger partial charge in [-0.3, -0.25) is 4.98 Å². The summed E-state index contributed by atoms with van der Waals surface area (Å²) in [5.74, 6) is 1.14. The predicted octanol–water partition coefficient (Wildman–Crippen LogP) is 2.64. The molecular formula is C14H18N4O. The molecule has 2 aromatic rings. The quantitative estimate of drug-likeness (QED) is 0.862. The van der Waals surface area contributed by atoms with Crippen LogP contribution in [-0.4, -0.2) is 16.6 Å². The summed E-state index contributed by atoms with van der Waals surface area (Å²) in [7, 11) is 0. The summed E-state index contributed by atoms with van der Waals surface area (Å²) in [6.45, 7) is 4.42. The number of hydrogen-bond acceptors (Lipinski definition) is 5. The highest BCUT2D eigenvalue weighted by molar-refractivity contribution is 5.60. The molecule has 1 heterocycles. The van der Waals surface area contributed by atoms with Crippen LogP contribution in [-0.2, 0) is 0 Å². The monoisotopic (exact) mass is 258 g/mol. The van der Waals surface area contributed by atoms with E-state index >= 15 is 0 Å². The maximum Gasteiger partial charge on any atom is 0.234 e. The molecule has 0 saturated heterocycles. The molecule has 1 aromatic heterocycles. The molecule has 0 bridgehead atoms. The second-order valence-corrected chi connectivity index (χ2v) is 4.18. The molecule has 3 N–H and O–H groups in total. The number of para-hydroxylation sites is 1. The molecule has 0 spiro atoms. The lowest BCUT2D eigenvalue weighted by molar-refractivity contribution is 0.326.